The molecular weight excluding hydrogens is 200 g/mol. The SMILES string of the molecule is CC(C)(C)C(=O)CSc1cccs1. The summed E-state index contributed by atoms with van der Waals surface area (Å²) in [5.41, 5.74) is -0.204. The molecule has 72 valence electrons. The number of hydrogen-bond acceptors (Lipinski definition) is 3. The molecule has 1 nitrogen and oxygen atoms in total. The first-order chi connectivity index (χ1) is 6.00. The third-order valence-corrected chi connectivity index (χ3v) is 3.81. The summed E-state index contributed by atoms with van der Waals surface area (Å²) in [7, 11) is 0. The zero-order chi connectivity index (χ0) is 9.90. The Kier molecular flexibility index (Phi) is 3.56. The number of rotatable bonds is 3. The molecule has 0 spiro atoms. The van der Waals surface area contributed by atoms with Crippen molar-refractivity contribution in [2.24, 2.45) is 5.41 Å². The smallest absolute Gasteiger partial charge is 0.148 e. The van der Waals surface area contributed by atoms with Gasteiger partial charge in [0.05, 0.1) is 9.96 Å². The molecule has 0 aliphatic rings. The third-order valence-electron chi connectivity index (χ3n) is 1.68. The molecule has 0 saturated heterocycles. The molecule has 0 saturated carbocycles. The average molecular weight is 214 g/mol. The van der Waals surface area contributed by atoms with Gasteiger partial charge in [-0.15, -0.1) is 23.1 Å². The van der Waals surface area contributed by atoms with E-state index in [2.05, 4.69) is 0 Å². The molecule has 0 aromatic carbocycles. The lowest BCUT2D eigenvalue weighted by molar-refractivity contribution is -0.123. The second kappa shape index (κ2) is 4.29. The predicted octanol–water partition coefficient (Wildman–Crippen LogP) is 3.46. The van der Waals surface area contributed by atoms with Crippen LogP contribution in [-0.2, 0) is 4.79 Å². The van der Waals surface area contributed by atoms with Crippen LogP contribution >= 0.6 is 23.1 Å². The molecule has 1 rings (SSSR count). The van der Waals surface area contributed by atoms with Crippen LogP contribution in [0.1, 0.15) is 20.8 Å². The normalized spacial score (nSPS) is 11.6. The summed E-state index contributed by atoms with van der Waals surface area (Å²) >= 11 is 3.32. The molecule has 0 aliphatic heterocycles. The van der Waals surface area contributed by atoms with Gasteiger partial charge >= 0.3 is 0 Å². The fourth-order valence-corrected chi connectivity index (χ4v) is 2.64. The van der Waals surface area contributed by atoms with Crippen molar-refractivity contribution in [3.63, 3.8) is 0 Å². The summed E-state index contributed by atoms with van der Waals surface area (Å²) in [6.45, 7) is 5.89. The molecule has 1 heterocycles. The lowest BCUT2D eigenvalue weighted by Gasteiger charge is -2.15. The predicted molar refractivity (Wildman–Crippen MR) is 59.5 cm³/mol. The summed E-state index contributed by atoms with van der Waals surface area (Å²) in [5, 5.41) is 2.03. The summed E-state index contributed by atoms with van der Waals surface area (Å²) in [4.78, 5) is 11.5. The highest BCUT2D eigenvalue weighted by molar-refractivity contribution is 8.01. The third kappa shape index (κ3) is 3.53. The molecule has 13 heavy (non-hydrogen) atoms. The first kappa shape index (κ1) is 10.8. The molecule has 1 aromatic heterocycles. The highest BCUT2D eigenvalue weighted by Gasteiger charge is 2.20. The Balaban J connectivity index is 2.40. The number of ketones is 1. The molecule has 0 bridgehead atoms. The van der Waals surface area contributed by atoms with Gasteiger partial charge in [0.1, 0.15) is 5.78 Å². The van der Waals surface area contributed by atoms with Crippen molar-refractivity contribution in [2.45, 2.75) is 25.0 Å². The summed E-state index contributed by atoms with van der Waals surface area (Å²) in [6.07, 6.45) is 0. The average Bonchev–Trinajstić information content (AvgIpc) is 2.50. The van der Waals surface area contributed by atoms with Gasteiger partial charge in [0.2, 0.25) is 0 Å². The van der Waals surface area contributed by atoms with Gasteiger partial charge in [-0.2, -0.15) is 0 Å². The van der Waals surface area contributed by atoms with Crippen LogP contribution in [0.5, 0.6) is 0 Å². The number of thiophene rings is 1. The van der Waals surface area contributed by atoms with Crippen molar-refractivity contribution in [3.8, 4) is 0 Å². The van der Waals surface area contributed by atoms with Crippen LogP contribution in [0.4, 0.5) is 0 Å². The summed E-state index contributed by atoms with van der Waals surface area (Å²) < 4.78 is 1.22. The van der Waals surface area contributed by atoms with Gasteiger partial charge in [0.25, 0.3) is 0 Å². The van der Waals surface area contributed by atoms with E-state index in [1.54, 1.807) is 23.1 Å². The maximum absolute atomic E-state index is 11.5. The lowest BCUT2D eigenvalue weighted by atomic mass is 9.92. The van der Waals surface area contributed by atoms with Crippen molar-refractivity contribution in [1.82, 2.24) is 0 Å². The van der Waals surface area contributed by atoms with Gasteiger partial charge in [-0.05, 0) is 11.4 Å². The van der Waals surface area contributed by atoms with E-state index in [0.29, 0.717) is 11.5 Å². The number of Topliss-reactive ketones (excluding diaryl/α,β-unsaturated/α-hetero) is 1. The summed E-state index contributed by atoms with van der Waals surface area (Å²) in [5.74, 6) is 0.898. The Morgan fingerprint density at radius 3 is 2.69 bits per heavy atom. The van der Waals surface area contributed by atoms with Crippen LogP contribution in [0.3, 0.4) is 0 Å². The van der Waals surface area contributed by atoms with Crippen molar-refractivity contribution in [2.75, 3.05) is 5.75 Å². The summed E-state index contributed by atoms with van der Waals surface area (Å²) in [6, 6.07) is 4.06. The van der Waals surface area contributed by atoms with E-state index in [9.17, 15) is 4.79 Å². The van der Waals surface area contributed by atoms with Crippen LogP contribution in [0.15, 0.2) is 21.7 Å². The first-order valence-corrected chi connectivity index (χ1v) is 6.06. The van der Waals surface area contributed by atoms with Crippen LogP contribution in [0, 0.1) is 5.41 Å². The maximum Gasteiger partial charge on any atom is 0.148 e. The largest absolute Gasteiger partial charge is 0.298 e. The van der Waals surface area contributed by atoms with E-state index in [0.717, 1.165) is 0 Å². The minimum Gasteiger partial charge on any atom is -0.298 e. The number of thioether (sulfide) groups is 1. The molecule has 0 N–H and O–H groups in total. The monoisotopic (exact) mass is 214 g/mol. The molecule has 0 aliphatic carbocycles. The molecule has 3 heteroatoms. The lowest BCUT2D eigenvalue weighted by Crippen LogP contribution is -2.21. The van der Waals surface area contributed by atoms with Gasteiger partial charge < -0.3 is 0 Å². The van der Waals surface area contributed by atoms with Gasteiger partial charge in [0.15, 0.2) is 0 Å². The van der Waals surface area contributed by atoms with Gasteiger partial charge in [-0.3, -0.25) is 4.79 Å². The molecular formula is C10H14OS2. The molecule has 0 atom stereocenters. The highest BCUT2D eigenvalue weighted by atomic mass is 32.2. The highest BCUT2D eigenvalue weighted by Crippen LogP contribution is 2.26. The topological polar surface area (TPSA) is 17.1 Å². The molecule has 0 amide bonds. The van der Waals surface area contributed by atoms with Crippen LogP contribution < -0.4 is 0 Å². The fourth-order valence-electron chi connectivity index (χ4n) is 0.699. The minimum atomic E-state index is -0.204. The van der Waals surface area contributed by atoms with E-state index in [1.165, 1.54) is 4.21 Å². The van der Waals surface area contributed by atoms with Crippen molar-refractivity contribution >= 4 is 28.9 Å². The first-order valence-electron chi connectivity index (χ1n) is 4.20. The van der Waals surface area contributed by atoms with Crippen molar-refractivity contribution in [3.05, 3.63) is 17.5 Å². The fraction of sp³-hybridized carbons (Fsp3) is 0.500. The Labute approximate surface area is 87.5 Å². The molecule has 0 unspecified atom stereocenters. The van der Waals surface area contributed by atoms with Gasteiger partial charge in [-0.1, -0.05) is 26.8 Å². The molecule has 0 fully saturated rings. The number of hydrogen-bond donors (Lipinski definition) is 0. The minimum absolute atomic E-state index is 0.204. The van der Waals surface area contributed by atoms with E-state index >= 15 is 0 Å². The van der Waals surface area contributed by atoms with Gasteiger partial charge in [0, 0.05) is 5.41 Å². The second-order valence-corrected chi connectivity index (χ2v) is 6.12. The quantitative estimate of drug-likeness (QED) is 0.717. The van der Waals surface area contributed by atoms with E-state index in [4.69, 9.17) is 0 Å². The Morgan fingerprint density at radius 1 is 1.54 bits per heavy atom. The Bertz CT molecular complexity index is 270. The van der Waals surface area contributed by atoms with Crippen LogP contribution in [-0.4, -0.2) is 11.5 Å². The molecule has 0 radical (unpaired) electrons. The maximum atomic E-state index is 11.5. The second-order valence-electron chi connectivity index (χ2n) is 3.89. The van der Waals surface area contributed by atoms with Crippen molar-refractivity contribution < 1.29 is 4.79 Å². The van der Waals surface area contributed by atoms with Crippen LogP contribution in [0.25, 0.3) is 0 Å². The zero-order valence-corrected chi connectivity index (χ0v) is 9.80. The van der Waals surface area contributed by atoms with Crippen molar-refractivity contribution in [1.29, 1.82) is 0 Å². The van der Waals surface area contributed by atoms with Crippen LogP contribution in [0.2, 0.25) is 0 Å². The standard InChI is InChI=1S/C10H14OS2/c1-10(2,3)8(11)7-13-9-5-4-6-12-9/h4-6H,7H2,1-3H3. The van der Waals surface area contributed by atoms with Gasteiger partial charge in [-0.25, -0.2) is 0 Å². The Hall–Kier alpha value is -0.280. The number of carbonyl (C=O) groups is 1. The van der Waals surface area contributed by atoms with E-state index < -0.39 is 0 Å². The number of carbonyl (C=O) groups excluding carboxylic acids is 1. The molecule has 1 aromatic rings. The Morgan fingerprint density at radius 2 is 2.23 bits per heavy atom. The van der Waals surface area contributed by atoms with E-state index in [-0.39, 0.29) is 5.41 Å². The van der Waals surface area contributed by atoms with E-state index in [1.807, 2.05) is 38.3 Å². The zero-order valence-electron chi connectivity index (χ0n) is 8.16.